The Hall–Kier alpha value is -3.99. The van der Waals surface area contributed by atoms with E-state index in [1.54, 1.807) is 34.4 Å². The molecule has 0 aromatic carbocycles. The van der Waals surface area contributed by atoms with Gasteiger partial charge in [-0.2, -0.15) is 13.2 Å². The largest absolute Gasteiger partial charge is 0.543 e. The van der Waals surface area contributed by atoms with Gasteiger partial charge in [0.05, 0.1) is 11.7 Å². The molecule has 5 rings (SSSR count). The van der Waals surface area contributed by atoms with Crippen LogP contribution in [0.5, 0.6) is 0 Å². The number of pyridine rings is 1. The Labute approximate surface area is 244 Å². The fourth-order valence-electron chi connectivity index (χ4n) is 4.70. The maximum absolute atomic E-state index is 13.3. The number of anilines is 1. The quantitative estimate of drug-likeness (QED) is 0.179. The lowest BCUT2D eigenvalue weighted by atomic mass is 10.0. The Kier molecular flexibility index (Phi) is 8.49. The van der Waals surface area contributed by atoms with Gasteiger partial charge in [-0.25, -0.2) is 9.55 Å². The third kappa shape index (κ3) is 6.25. The predicted molar refractivity (Wildman–Crippen MR) is 140 cm³/mol. The highest BCUT2D eigenvalue weighted by Crippen LogP contribution is 2.40. The SMILES string of the molecule is O=C([O-])C1=C(C[n+]2ccccc2)CS[C@H]2C(NC(=O)C(=NOC3CCCC3)c3csc(NC(=O)C(F)(F)F)n3)C(=O)N12. The number of hydrogen-bond donors (Lipinski definition) is 2. The summed E-state index contributed by atoms with van der Waals surface area (Å²) in [5.41, 5.74) is -0.373. The monoisotopic (exact) mass is 624 g/mol. The van der Waals surface area contributed by atoms with Gasteiger partial charge in [0.25, 0.3) is 11.8 Å². The number of carboxylic acids is 1. The molecule has 12 nitrogen and oxygen atoms in total. The minimum atomic E-state index is -5.14. The van der Waals surface area contributed by atoms with Crippen molar-refractivity contribution in [3.63, 3.8) is 0 Å². The van der Waals surface area contributed by atoms with Crippen LogP contribution in [0, 0.1) is 0 Å². The highest BCUT2D eigenvalue weighted by atomic mass is 32.2. The van der Waals surface area contributed by atoms with Crippen LogP contribution in [-0.2, 0) is 30.6 Å². The minimum Gasteiger partial charge on any atom is -0.543 e. The van der Waals surface area contributed by atoms with Crippen molar-refractivity contribution in [1.29, 1.82) is 0 Å². The van der Waals surface area contributed by atoms with E-state index in [-0.39, 0.29) is 29.8 Å². The zero-order valence-corrected chi connectivity index (χ0v) is 23.3. The lowest BCUT2D eigenvalue weighted by Crippen LogP contribution is -2.71. The number of aromatic nitrogens is 2. The van der Waals surface area contributed by atoms with Crippen LogP contribution >= 0.6 is 23.1 Å². The lowest BCUT2D eigenvalue weighted by Gasteiger charge is -2.50. The second-order valence-corrected chi connectivity index (χ2v) is 11.6. The van der Waals surface area contributed by atoms with Crippen molar-refractivity contribution in [3.8, 4) is 0 Å². The van der Waals surface area contributed by atoms with Gasteiger partial charge in [0, 0.05) is 28.8 Å². The molecule has 3 amide bonds. The number of nitrogens with zero attached hydrogens (tertiary/aromatic N) is 4. The van der Waals surface area contributed by atoms with Crippen LogP contribution in [0.4, 0.5) is 18.3 Å². The highest BCUT2D eigenvalue weighted by Gasteiger charge is 2.53. The molecule has 0 spiro atoms. The van der Waals surface area contributed by atoms with E-state index in [4.69, 9.17) is 4.84 Å². The number of aliphatic carboxylic acids is 1. The first-order chi connectivity index (χ1) is 20.0. The van der Waals surface area contributed by atoms with Crippen molar-refractivity contribution in [2.24, 2.45) is 5.16 Å². The molecule has 2 fully saturated rings. The molecule has 222 valence electrons. The number of thioether (sulfide) groups is 1. The molecule has 4 heterocycles. The molecule has 0 radical (unpaired) electrons. The summed E-state index contributed by atoms with van der Waals surface area (Å²) in [6, 6.07) is 4.25. The van der Waals surface area contributed by atoms with Gasteiger partial charge in [0.2, 0.25) is 0 Å². The zero-order valence-electron chi connectivity index (χ0n) is 21.6. The number of carbonyl (C=O) groups is 4. The van der Waals surface area contributed by atoms with E-state index in [0.29, 0.717) is 29.8 Å². The maximum Gasteiger partial charge on any atom is 0.471 e. The van der Waals surface area contributed by atoms with E-state index >= 15 is 0 Å². The molecule has 2 N–H and O–H groups in total. The molecule has 17 heteroatoms. The van der Waals surface area contributed by atoms with E-state index in [9.17, 15) is 37.5 Å². The summed E-state index contributed by atoms with van der Waals surface area (Å²) in [4.78, 5) is 60.3. The molecule has 2 aliphatic heterocycles. The Bertz CT molecular complexity index is 1460. The molecule has 3 aliphatic rings. The summed E-state index contributed by atoms with van der Waals surface area (Å²) >= 11 is 1.90. The van der Waals surface area contributed by atoms with E-state index in [2.05, 4.69) is 15.5 Å². The van der Waals surface area contributed by atoms with Crippen molar-refractivity contribution in [2.75, 3.05) is 11.1 Å². The summed E-state index contributed by atoms with van der Waals surface area (Å²) in [6.45, 7) is 0.219. The third-order valence-electron chi connectivity index (χ3n) is 6.71. The minimum absolute atomic E-state index is 0.176. The van der Waals surface area contributed by atoms with Crippen molar-refractivity contribution in [2.45, 2.75) is 55.9 Å². The Morgan fingerprint density at radius 3 is 2.57 bits per heavy atom. The normalized spacial score (nSPS) is 21.1. The van der Waals surface area contributed by atoms with Gasteiger partial charge >= 0.3 is 12.1 Å². The number of amides is 3. The third-order valence-corrected chi connectivity index (χ3v) is 8.81. The van der Waals surface area contributed by atoms with Crippen LogP contribution in [-0.4, -0.2) is 68.7 Å². The van der Waals surface area contributed by atoms with Crippen LogP contribution in [0.1, 0.15) is 31.4 Å². The van der Waals surface area contributed by atoms with Gasteiger partial charge < -0.3 is 20.1 Å². The summed E-state index contributed by atoms with van der Waals surface area (Å²) in [5, 5.41) is 20.2. The molecule has 2 aromatic heterocycles. The average molecular weight is 625 g/mol. The molecular weight excluding hydrogens is 601 g/mol. The Morgan fingerprint density at radius 1 is 1.19 bits per heavy atom. The van der Waals surface area contributed by atoms with Crippen molar-refractivity contribution >= 4 is 57.6 Å². The molecule has 1 saturated heterocycles. The molecule has 1 aliphatic carbocycles. The summed E-state index contributed by atoms with van der Waals surface area (Å²) in [6.07, 6.45) is 1.28. The first-order valence-electron chi connectivity index (χ1n) is 12.7. The Balaban J connectivity index is 1.34. The molecule has 1 saturated carbocycles. The van der Waals surface area contributed by atoms with Crippen molar-refractivity contribution < 1.29 is 46.9 Å². The number of carbonyl (C=O) groups excluding carboxylic acids is 4. The van der Waals surface area contributed by atoms with Gasteiger partial charge in [0.15, 0.2) is 29.8 Å². The van der Waals surface area contributed by atoms with Crippen LogP contribution in [0.2, 0.25) is 0 Å². The van der Waals surface area contributed by atoms with Gasteiger partial charge in [-0.1, -0.05) is 11.2 Å². The number of thiazole rings is 1. The van der Waals surface area contributed by atoms with E-state index < -0.39 is 52.1 Å². The second-order valence-electron chi connectivity index (χ2n) is 9.59. The first-order valence-corrected chi connectivity index (χ1v) is 14.7. The second kappa shape index (κ2) is 12.1. The van der Waals surface area contributed by atoms with Crippen molar-refractivity contribution in [1.82, 2.24) is 15.2 Å². The zero-order chi connectivity index (χ0) is 30.0. The van der Waals surface area contributed by atoms with Crippen LogP contribution < -0.4 is 20.3 Å². The fourth-order valence-corrected chi connectivity index (χ4v) is 6.72. The number of halogens is 3. The summed E-state index contributed by atoms with van der Waals surface area (Å²) in [7, 11) is 0. The smallest absolute Gasteiger partial charge is 0.471 e. The molecule has 1 unspecified atom stereocenters. The molecule has 0 bridgehead atoms. The van der Waals surface area contributed by atoms with Gasteiger partial charge in [0.1, 0.15) is 23.2 Å². The predicted octanol–water partition coefficient (Wildman–Crippen LogP) is 0.699. The van der Waals surface area contributed by atoms with Gasteiger partial charge in [-0.05, 0) is 25.7 Å². The van der Waals surface area contributed by atoms with Crippen LogP contribution in [0.25, 0.3) is 0 Å². The first kappa shape index (κ1) is 29.5. The van der Waals surface area contributed by atoms with E-state index in [1.165, 1.54) is 17.1 Å². The number of alkyl halides is 3. The lowest BCUT2D eigenvalue weighted by molar-refractivity contribution is -0.689. The van der Waals surface area contributed by atoms with Gasteiger partial charge in [-0.15, -0.1) is 23.1 Å². The molecular formula is C25H23F3N6O6S2. The number of oxime groups is 1. The average Bonchev–Trinajstić information content (AvgIpc) is 3.64. The summed E-state index contributed by atoms with van der Waals surface area (Å²) in [5.74, 6) is -5.08. The Morgan fingerprint density at radius 2 is 1.90 bits per heavy atom. The fraction of sp³-hybridized carbons (Fsp3) is 0.400. The van der Waals surface area contributed by atoms with Gasteiger partial charge in [-0.3, -0.25) is 24.6 Å². The maximum atomic E-state index is 13.3. The summed E-state index contributed by atoms with van der Waals surface area (Å²) < 4.78 is 39.8. The van der Waals surface area contributed by atoms with Crippen molar-refractivity contribution in [3.05, 3.63) is 52.9 Å². The molecule has 42 heavy (non-hydrogen) atoms. The molecule has 2 aromatic rings. The van der Waals surface area contributed by atoms with Crippen LogP contribution in [0.3, 0.4) is 0 Å². The van der Waals surface area contributed by atoms with Crippen LogP contribution in [0.15, 0.2) is 52.4 Å². The van der Waals surface area contributed by atoms with E-state index in [1.807, 2.05) is 6.07 Å². The van der Waals surface area contributed by atoms with E-state index in [0.717, 1.165) is 17.7 Å². The number of fused-ring (bicyclic) bond motifs is 1. The standard InChI is InChI=1S/C25H23F3N6O6S2/c26-25(27,28)23(39)31-24-29-15(12-42-24)16(32-40-14-6-2-3-7-14)19(35)30-17-20(36)34-18(22(37)38)13(11-41-21(17)34)10-33-8-4-1-5-9-33/h1,4-5,8-9,12,14,17,21H,2-3,6-7,10-11H2,(H2-,29,30,31,35,37,38,39)/t17?,21-/m0/s1. The topological polar surface area (TPSA) is 157 Å². The number of nitrogens with one attached hydrogen (secondary N) is 2. The molecule has 2 atom stereocenters. The number of carboxylic acid groups (broad SMARTS) is 1. The number of β-lactam (4-membered cyclic amide) rings is 1. The highest BCUT2D eigenvalue weighted by molar-refractivity contribution is 8.00. The number of hydrogen-bond acceptors (Lipinski definition) is 10. The number of rotatable bonds is 9.